The van der Waals surface area contributed by atoms with E-state index in [1.807, 2.05) is 0 Å². The Morgan fingerprint density at radius 3 is 2.36 bits per heavy atom. The Morgan fingerprint density at radius 2 is 1.93 bits per heavy atom. The minimum atomic E-state index is -4.04. The number of hydrogen-bond acceptors (Lipinski definition) is 2. The Balaban J connectivity index is 2.07. The van der Waals surface area contributed by atoms with Gasteiger partial charge in [-0.3, -0.25) is 0 Å². The number of rotatable bonds is 4. The van der Waals surface area contributed by atoms with Gasteiger partial charge in [-0.05, 0) is 25.8 Å². The highest BCUT2D eigenvalue weighted by atomic mass is 19.4. The molecular formula is C9H17F3N2. The molecule has 0 aromatic carbocycles. The highest BCUT2D eigenvalue weighted by molar-refractivity contribution is 4.83. The second-order valence-corrected chi connectivity index (χ2v) is 4.22. The zero-order valence-corrected chi connectivity index (χ0v) is 8.35. The summed E-state index contributed by atoms with van der Waals surface area (Å²) in [5.74, 6) is 0.503. The van der Waals surface area contributed by atoms with E-state index < -0.39 is 12.6 Å². The van der Waals surface area contributed by atoms with E-state index in [2.05, 4.69) is 0 Å². The quantitative estimate of drug-likeness (QED) is 0.763. The lowest BCUT2D eigenvalue weighted by Gasteiger charge is -2.35. The van der Waals surface area contributed by atoms with Crippen LogP contribution in [-0.2, 0) is 0 Å². The van der Waals surface area contributed by atoms with Gasteiger partial charge in [0.05, 0.1) is 6.42 Å². The smallest absolute Gasteiger partial charge is 0.328 e. The third-order valence-electron chi connectivity index (χ3n) is 2.62. The summed E-state index contributed by atoms with van der Waals surface area (Å²) in [6.07, 6.45) is -2.85. The van der Waals surface area contributed by atoms with Gasteiger partial charge in [-0.15, -0.1) is 0 Å². The first-order valence-electron chi connectivity index (χ1n) is 4.87. The molecule has 0 unspecified atom stereocenters. The maximum atomic E-state index is 11.9. The normalized spacial score (nSPS) is 27.9. The Bertz CT molecular complexity index is 175. The van der Waals surface area contributed by atoms with Gasteiger partial charge < -0.3 is 10.6 Å². The molecule has 0 spiro atoms. The Kier molecular flexibility index (Phi) is 3.78. The maximum Gasteiger partial charge on any atom is 0.390 e. The summed E-state index contributed by atoms with van der Waals surface area (Å²) in [5.41, 5.74) is 5.59. The predicted molar refractivity (Wildman–Crippen MR) is 48.9 cm³/mol. The van der Waals surface area contributed by atoms with Gasteiger partial charge in [-0.1, -0.05) is 0 Å². The monoisotopic (exact) mass is 210 g/mol. The molecule has 0 radical (unpaired) electrons. The Labute approximate surface area is 82.2 Å². The number of alkyl halides is 3. The Hall–Kier alpha value is -0.290. The zero-order chi connectivity index (χ0) is 10.8. The van der Waals surface area contributed by atoms with Gasteiger partial charge in [0.25, 0.3) is 0 Å². The van der Waals surface area contributed by atoms with E-state index in [0.29, 0.717) is 5.92 Å². The third-order valence-corrected chi connectivity index (χ3v) is 2.62. The summed E-state index contributed by atoms with van der Waals surface area (Å²) < 4.78 is 35.6. The number of nitrogens with zero attached hydrogens (tertiary/aromatic N) is 1. The highest BCUT2D eigenvalue weighted by Gasteiger charge is 2.29. The van der Waals surface area contributed by atoms with Crippen LogP contribution in [0.1, 0.15) is 19.3 Å². The van der Waals surface area contributed by atoms with E-state index in [1.54, 1.807) is 11.9 Å². The van der Waals surface area contributed by atoms with E-state index in [1.165, 1.54) is 0 Å². The number of halogens is 3. The molecule has 2 nitrogen and oxygen atoms in total. The minimum Gasteiger partial charge on any atom is -0.328 e. The van der Waals surface area contributed by atoms with Crippen LogP contribution in [0.25, 0.3) is 0 Å². The zero-order valence-electron chi connectivity index (χ0n) is 8.35. The molecule has 1 rings (SSSR count). The van der Waals surface area contributed by atoms with Crippen molar-refractivity contribution in [3.63, 3.8) is 0 Å². The molecule has 0 aliphatic heterocycles. The van der Waals surface area contributed by atoms with Crippen LogP contribution < -0.4 is 5.73 Å². The van der Waals surface area contributed by atoms with Crippen molar-refractivity contribution in [2.24, 2.45) is 11.7 Å². The molecular weight excluding hydrogens is 193 g/mol. The SMILES string of the molecule is CN(CCC(F)(F)F)CC1CC(N)C1. The molecule has 0 amide bonds. The molecule has 1 saturated carbocycles. The van der Waals surface area contributed by atoms with Crippen molar-refractivity contribution >= 4 is 0 Å². The first-order valence-corrected chi connectivity index (χ1v) is 4.87. The molecule has 0 heterocycles. The van der Waals surface area contributed by atoms with Crippen LogP contribution in [0, 0.1) is 5.92 Å². The van der Waals surface area contributed by atoms with Crippen LogP contribution in [0.2, 0.25) is 0 Å². The van der Waals surface area contributed by atoms with Crippen LogP contribution in [0.4, 0.5) is 13.2 Å². The summed E-state index contributed by atoms with van der Waals surface area (Å²) in [6.45, 7) is 0.832. The van der Waals surface area contributed by atoms with E-state index >= 15 is 0 Å². The minimum absolute atomic E-state index is 0.0925. The topological polar surface area (TPSA) is 29.3 Å². The van der Waals surface area contributed by atoms with Crippen LogP contribution in [0.3, 0.4) is 0 Å². The predicted octanol–water partition coefficient (Wildman–Crippen LogP) is 1.61. The lowest BCUT2D eigenvalue weighted by molar-refractivity contribution is -0.137. The van der Waals surface area contributed by atoms with Crippen molar-refractivity contribution in [3.05, 3.63) is 0 Å². The summed E-state index contributed by atoms with van der Waals surface area (Å²) in [7, 11) is 1.73. The van der Waals surface area contributed by atoms with Gasteiger partial charge in [-0.2, -0.15) is 13.2 Å². The summed E-state index contributed by atoms with van der Waals surface area (Å²) in [6, 6.07) is 0.274. The summed E-state index contributed by atoms with van der Waals surface area (Å²) in [4.78, 5) is 1.74. The van der Waals surface area contributed by atoms with Gasteiger partial charge in [0.15, 0.2) is 0 Å². The van der Waals surface area contributed by atoms with E-state index in [9.17, 15) is 13.2 Å². The maximum absolute atomic E-state index is 11.9. The largest absolute Gasteiger partial charge is 0.390 e. The molecule has 0 aromatic heterocycles. The molecule has 0 atom stereocenters. The summed E-state index contributed by atoms with van der Waals surface area (Å²) in [5, 5.41) is 0. The van der Waals surface area contributed by atoms with Gasteiger partial charge in [0, 0.05) is 19.1 Å². The highest BCUT2D eigenvalue weighted by Crippen LogP contribution is 2.26. The van der Waals surface area contributed by atoms with Crippen molar-refractivity contribution < 1.29 is 13.2 Å². The molecule has 1 fully saturated rings. The van der Waals surface area contributed by atoms with Crippen molar-refractivity contribution in [2.45, 2.75) is 31.5 Å². The molecule has 0 aromatic rings. The molecule has 5 heteroatoms. The van der Waals surface area contributed by atoms with E-state index in [0.717, 1.165) is 19.4 Å². The molecule has 0 bridgehead atoms. The second kappa shape index (κ2) is 4.49. The van der Waals surface area contributed by atoms with Crippen LogP contribution >= 0.6 is 0 Å². The average molecular weight is 210 g/mol. The van der Waals surface area contributed by atoms with Gasteiger partial charge in [0.2, 0.25) is 0 Å². The van der Waals surface area contributed by atoms with Crippen LogP contribution in [-0.4, -0.2) is 37.3 Å². The number of hydrogen-bond donors (Lipinski definition) is 1. The van der Waals surface area contributed by atoms with Crippen molar-refractivity contribution in [2.75, 3.05) is 20.1 Å². The van der Waals surface area contributed by atoms with Gasteiger partial charge >= 0.3 is 6.18 Å². The van der Waals surface area contributed by atoms with Crippen LogP contribution in [0.5, 0.6) is 0 Å². The van der Waals surface area contributed by atoms with Gasteiger partial charge in [0.1, 0.15) is 0 Å². The van der Waals surface area contributed by atoms with Crippen LogP contribution in [0.15, 0.2) is 0 Å². The van der Waals surface area contributed by atoms with Gasteiger partial charge in [-0.25, -0.2) is 0 Å². The molecule has 1 aliphatic rings. The van der Waals surface area contributed by atoms with Crippen molar-refractivity contribution in [1.82, 2.24) is 4.90 Å². The average Bonchev–Trinajstić information content (AvgIpc) is 1.97. The van der Waals surface area contributed by atoms with Crippen molar-refractivity contribution in [3.8, 4) is 0 Å². The molecule has 2 N–H and O–H groups in total. The molecule has 1 aliphatic carbocycles. The standard InChI is InChI=1S/C9H17F3N2/c1-14(3-2-9(10,11)12)6-7-4-8(13)5-7/h7-8H,2-6,13H2,1H3. The fourth-order valence-corrected chi connectivity index (χ4v) is 1.79. The van der Waals surface area contributed by atoms with E-state index in [-0.39, 0.29) is 12.6 Å². The second-order valence-electron chi connectivity index (χ2n) is 4.22. The lowest BCUT2D eigenvalue weighted by atomic mass is 9.80. The lowest BCUT2D eigenvalue weighted by Crippen LogP contribution is -2.42. The van der Waals surface area contributed by atoms with E-state index in [4.69, 9.17) is 5.73 Å². The summed E-state index contributed by atoms with van der Waals surface area (Å²) >= 11 is 0. The Morgan fingerprint density at radius 1 is 1.36 bits per heavy atom. The first-order chi connectivity index (χ1) is 6.37. The molecule has 14 heavy (non-hydrogen) atoms. The molecule has 0 saturated heterocycles. The molecule has 84 valence electrons. The third kappa shape index (κ3) is 4.28. The fourth-order valence-electron chi connectivity index (χ4n) is 1.79. The fraction of sp³-hybridized carbons (Fsp3) is 1.00. The number of nitrogens with two attached hydrogens (primary N) is 1. The first kappa shape index (κ1) is 11.8. The van der Waals surface area contributed by atoms with Crippen molar-refractivity contribution in [1.29, 1.82) is 0 Å².